The number of ether oxygens (including phenoxy) is 2. The summed E-state index contributed by atoms with van der Waals surface area (Å²) in [7, 11) is 3.32. The van der Waals surface area contributed by atoms with Crippen molar-refractivity contribution in [2.45, 2.75) is 38.1 Å². The van der Waals surface area contributed by atoms with Crippen LogP contribution in [0.3, 0.4) is 0 Å². The highest BCUT2D eigenvalue weighted by atomic mass is 16.5. The molecule has 0 aliphatic heterocycles. The third kappa shape index (κ3) is 2.39. The first-order valence-electron chi connectivity index (χ1n) is 7.50. The summed E-state index contributed by atoms with van der Waals surface area (Å²) in [5.41, 5.74) is 0.217. The van der Waals surface area contributed by atoms with Gasteiger partial charge in [0.15, 0.2) is 11.5 Å². The summed E-state index contributed by atoms with van der Waals surface area (Å²) >= 11 is 0. The quantitative estimate of drug-likeness (QED) is 0.902. The lowest BCUT2D eigenvalue weighted by molar-refractivity contribution is 0.269. The van der Waals surface area contributed by atoms with E-state index in [1.165, 1.54) is 19.3 Å². The van der Waals surface area contributed by atoms with E-state index in [1.807, 2.05) is 24.4 Å². The van der Waals surface area contributed by atoms with Crippen molar-refractivity contribution in [1.29, 1.82) is 0 Å². The molecule has 0 unspecified atom stereocenters. The molecule has 1 heterocycles. The number of rotatable bonds is 5. The van der Waals surface area contributed by atoms with Crippen molar-refractivity contribution in [3.63, 3.8) is 0 Å². The van der Waals surface area contributed by atoms with Gasteiger partial charge in [-0.3, -0.25) is 0 Å². The fraction of sp³-hybridized carbons (Fsp3) is 0.471. The zero-order valence-corrected chi connectivity index (χ0v) is 12.9. The molecule has 1 aromatic carbocycles. The van der Waals surface area contributed by atoms with E-state index in [-0.39, 0.29) is 5.54 Å². The van der Waals surface area contributed by atoms with Crippen LogP contribution in [0.1, 0.15) is 32.6 Å². The summed E-state index contributed by atoms with van der Waals surface area (Å²) in [5.74, 6) is 2.42. The third-order valence-corrected chi connectivity index (χ3v) is 4.64. The van der Waals surface area contributed by atoms with Crippen LogP contribution in [0.4, 0.5) is 5.82 Å². The highest BCUT2D eigenvalue weighted by Crippen LogP contribution is 2.40. The van der Waals surface area contributed by atoms with E-state index in [1.54, 1.807) is 14.2 Å². The predicted molar refractivity (Wildman–Crippen MR) is 85.3 cm³/mol. The molecule has 1 aromatic heterocycles. The predicted octanol–water partition coefficient (Wildman–Crippen LogP) is 4.00. The lowest BCUT2D eigenvalue weighted by Gasteiger charge is -2.42. The van der Waals surface area contributed by atoms with Gasteiger partial charge in [-0.15, -0.1) is 0 Å². The Labute approximate surface area is 125 Å². The number of hydrogen-bond acceptors (Lipinski definition) is 4. The standard InChI is InChI=1S/C17H22N2O2/c1-4-17(7-5-8-17)19-16-13-11-15(21-3)14(20-2)10-12(13)6-9-18-16/h6,9-11H,4-5,7-8H2,1-3H3,(H,18,19). The molecule has 2 aromatic rings. The second kappa shape index (κ2) is 5.43. The van der Waals surface area contributed by atoms with Crippen LogP contribution in [0.5, 0.6) is 11.5 Å². The Kier molecular flexibility index (Phi) is 3.62. The molecular weight excluding hydrogens is 264 g/mol. The lowest BCUT2D eigenvalue weighted by Crippen LogP contribution is -2.44. The number of pyridine rings is 1. The Morgan fingerprint density at radius 1 is 1.19 bits per heavy atom. The normalized spacial score (nSPS) is 16.3. The van der Waals surface area contributed by atoms with E-state index in [2.05, 4.69) is 17.2 Å². The van der Waals surface area contributed by atoms with Crippen molar-refractivity contribution in [1.82, 2.24) is 4.98 Å². The number of anilines is 1. The molecule has 4 nitrogen and oxygen atoms in total. The molecule has 3 rings (SSSR count). The van der Waals surface area contributed by atoms with E-state index < -0.39 is 0 Å². The smallest absolute Gasteiger partial charge is 0.161 e. The molecule has 0 atom stereocenters. The average molecular weight is 286 g/mol. The summed E-state index contributed by atoms with van der Waals surface area (Å²) in [6.07, 6.45) is 6.70. The topological polar surface area (TPSA) is 43.4 Å². The zero-order valence-electron chi connectivity index (χ0n) is 12.9. The van der Waals surface area contributed by atoms with Crippen LogP contribution in [0.2, 0.25) is 0 Å². The van der Waals surface area contributed by atoms with Gasteiger partial charge in [0.2, 0.25) is 0 Å². The molecule has 1 fully saturated rings. The van der Waals surface area contributed by atoms with Crippen molar-refractivity contribution in [3.8, 4) is 11.5 Å². The highest BCUT2D eigenvalue weighted by molar-refractivity contribution is 5.94. The Balaban J connectivity index is 2.06. The SMILES string of the molecule is CCC1(Nc2nccc3cc(OC)c(OC)cc23)CCC1. The maximum Gasteiger partial charge on any atom is 0.161 e. The largest absolute Gasteiger partial charge is 0.493 e. The average Bonchev–Trinajstić information content (AvgIpc) is 2.49. The molecule has 0 saturated heterocycles. The highest BCUT2D eigenvalue weighted by Gasteiger charge is 2.35. The van der Waals surface area contributed by atoms with Crippen molar-refractivity contribution in [2.75, 3.05) is 19.5 Å². The van der Waals surface area contributed by atoms with Crippen LogP contribution in [0.15, 0.2) is 24.4 Å². The number of hydrogen-bond donors (Lipinski definition) is 1. The van der Waals surface area contributed by atoms with Gasteiger partial charge in [-0.2, -0.15) is 0 Å². The monoisotopic (exact) mass is 286 g/mol. The van der Waals surface area contributed by atoms with E-state index >= 15 is 0 Å². The van der Waals surface area contributed by atoms with E-state index in [9.17, 15) is 0 Å². The van der Waals surface area contributed by atoms with Crippen LogP contribution < -0.4 is 14.8 Å². The van der Waals surface area contributed by atoms with E-state index in [0.29, 0.717) is 0 Å². The minimum absolute atomic E-state index is 0.217. The fourth-order valence-corrected chi connectivity index (χ4v) is 3.02. The molecule has 1 N–H and O–H groups in total. The van der Waals surface area contributed by atoms with Crippen LogP contribution in [0, 0.1) is 0 Å². The molecular formula is C17H22N2O2. The second-order valence-electron chi connectivity index (χ2n) is 5.70. The number of aromatic nitrogens is 1. The van der Waals surface area contributed by atoms with Gasteiger partial charge in [-0.1, -0.05) is 6.92 Å². The zero-order chi connectivity index (χ0) is 14.9. The van der Waals surface area contributed by atoms with Gasteiger partial charge in [-0.05, 0) is 49.3 Å². The minimum Gasteiger partial charge on any atom is -0.493 e. The summed E-state index contributed by atoms with van der Waals surface area (Å²) < 4.78 is 10.8. The Bertz CT molecular complexity index is 645. The number of nitrogens with zero attached hydrogens (tertiary/aromatic N) is 1. The first-order chi connectivity index (χ1) is 10.2. The van der Waals surface area contributed by atoms with Gasteiger partial charge < -0.3 is 14.8 Å². The van der Waals surface area contributed by atoms with E-state index in [4.69, 9.17) is 9.47 Å². The summed E-state index contributed by atoms with van der Waals surface area (Å²) in [4.78, 5) is 4.55. The Hall–Kier alpha value is -1.97. The maximum absolute atomic E-state index is 5.42. The second-order valence-corrected chi connectivity index (χ2v) is 5.70. The Morgan fingerprint density at radius 3 is 2.48 bits per heavy atom. The van der Waals surface area contributed by atoms with E-state index in [0.717, 1.165) is 34.5 Å². The van der Waals surface area contributed by atoms with Gasteiger partial charge in [0.05, 0.1) is 14.2 Å². The molecule has 1 aliphatic rings. The molecule has 0 spiro atoms. The lowest BCUT2D eigenvalue weighted by atomic mass is 9.75. The van der Waals surface area contributed by atoms with Crippen LogP contribution in [0.25, 0.3) is 10.8 Å². The third-order valence-electron chi connectivity index (χ3n) is 4.64. The molecule has 4 heteroatoms. The van der Waals surface area contributed by atoms with Crippen molar-refractivity contribution >= 4 is 16.6 Å². The molecule has 112 valence electrons. The van der Waals surface area contributed by atoms with Gasteiger partial charge >= 0.3 is 0 Å². The minimum atomic E-state index is 0.217. The van der Waals surface area contributed by atoms with Gasteiger partial charge in [0.1, 0.15) is 5.82 Å². The van der Waals surface area contributed by atoms with Gasteiger partial charge in [0, 0.05) is 17.1 Å². The van der Waals surface area contributed by atoms with Crippen LogP contribution in [-0.4, -0.2) is 24.7 Å². The van der Waals surface area contributed by atoms with Crippen molar-refractivity contribution < 1.29 is 9.47 Å². The first-order valence-corrected chi connectivity index (χ1v) is 7.50. The summed E-state index contributed by atoms with van der Waals surface area (Å²) in [5, 5.41) is 5.85. The Morgan fingerprint density at radius 2 is 1.90 bits per heavy atom. The molecule has 0 amide bonds. The first kappa shape index (κ1) is 14.0. The molecule has 0 radical (unpaired) electrons. The number of nitrogens with one attached hydrogen (secondary N) is 1. The van der Waals surface area contributed by atoms with Crippen LogP contribution >= 0.6 is 0 Å². The molecule has 0 bridgehead atoms. The maximum atomic E-state index is 5.42. The molecule has 1 saturated carbocycles. The number of methoxy groups -OCH3 is 2. The summed E-state index contributed by atoms with van der Waals surface area (Å²) in [6.45, 7) is 2.24. The van der Waals surface area contributed by atoms with Gasteiger partial charge in [0.25, 0.3) is 0 Å². The van der Waals surface area contributed by atoms with Crippen molar-refractivity contribution in [3.05, 3.63) is 24.4 Å². The molecule has 1 aliphatic carbocycles. The van der Waals surface area contributed by atoms with Crippen molar-refractivity contribution in [2.24, 2.45) is 0 Å². The summed E-state index contributed by atoms with van der Waals surface area (Å²) in [6, 6.07) is 6.01. The van der Waals surface area contributed by atoms with Gasteiger partial charge in [-0.25, -0.2) is 4.98 Å². The number of benzene rings is 1. The molecule has 21 heavy (non-hydrogen) atoms. The fourth-order valence-electron chi connectivity index (χ4n) is 3.02. The number of fused-ring (bicyclic) bond motifs is 1. The van der Waals surface area contributed by atoms with Crippen LogP contribution in [-0.2, 0) is 0 Å².